The van der Waals surface area contributed by atoms with Crippen LogP contribution in [0.1, 0.15) is 54.6 Å². The van der Waals surface area contributed by atoms with Crippen LogP contribution in [0.25, 0.3) is 0 Å². The Morgan fingerprint density at radius 1 is 1.10 bits per heavy atom. The van der Waals surface area contributed by atoms with Gasteiger partial charge in [-0.1, -0.05) is 12.8 Å². The minimum atomic E-state index is -4.50. The van der Waals surface area contributed by atoms with Crippen molar-refractivity contribution in [1.82, 2.24) is 14.1 Å². The normalized spacial score (nSPS) is 18.0. The molecule has 0 radical (unpaired) electrons. The summed E-state index contributed by atoms with van der Waals surface area (Å²) in [7, 11) is -2.06. The second kappa shape index (κ2) is 7.43. The highest BCUT2D eigenvalue weighted by Crippen LogP contribution is 2.34. The van der Waals surface area contributed by atoms with E-state index < -0.39 is 21.8 Å². The molecule has 2 aromatic rings. The number of rotatable bonds is 5. The number of aromatic nitrogens is 2. The lowest BCUT2D eigenvalue weighted by atomic mass is 10.2. The first-order chi connectivity index (χ1) is 13.7. The molecule has 29 heavy (non-hydrogen) atoms. The molecule has 0 amide bonds. The van der Waals surface area contributed by atoms with Gasteiger partial charge in [-0.05, 0) is 61.9 Å². The predicted molar refractivity (Wildman–Crippen MR) is 102 cm³/mol. The van der Waals surface area contributed by atoms with Crippen LogP contribution in [-0.2, 0) is 42.6 Å². The van der Waals surface area contributed by atoms with E-state index in [9.17, 15) is 21.6 Å². The summed E-state index contributed by atoms with van der Waals surface area (Å²) in [6.45, 7) is 0.164. The maximum absolute atomic E-state index is 13.4. The number of benzene rings is 1. The van der Waals surface area contributed by atoms with E-state index in [1.165, 1.54) is 4.31 Å². The quantitative estimate of drug-likeness (QED) is 0.723. The Morgan fingerprint density at radius 2 is 1.76 bits per heavy atom. The van der Waals surface area contributed by atoms with Gasteiger partial charge >= 0.3 is 6.18 Å². The van der Waals surface area contributed by atoms with Gasteiger partial charge in [0.1, 0.15) is 0 Å². The van der Waals surface area contributed by atoms with Crippen molar-refractivity contribution in [3.63, 3.8) is 0 Å². The SMILES string of the molecule is Cn1nc(CN(C2CCCC2)S(=O)(=O)c2ccc(C(F)(F)F)cc2)c2c1CCC2. The fourth-order valence-electron chi connectivity index (χ4n) is 4.53. The first-order valence-corrected chi connectivity index (χ1v) is 11.3. The molecule has 9 heteroatoms. The van der Waals surface area contributed by atoms with E-state index in [0.29, 0.717) is 0 Å². The molecule has 2 aliphatic carbocycles. The van der Waals surface area contributed by atoms with Crippen LogP contribution in [0.15, 0.2) is 29.2 Å². The summed E-state index contributed by atoms with van der Waals surface area (Å²) >= 11 is 0. The summed E-state index contributed by atoms with van der Waals surface area (Å²) in [5.74, 6) is 0. The number of hydrogen-bond acceptors (Lipinski definition) is 3. The van der Waals surface area contributed by atoms with Gasteiger partial charge in [0.25, 0.3) is 0 Å². The number of fused-ring (bicyclic) bond motifs is 1. The van der Waals surface area contributed by atoms with Crippen LogP contribution in [0, 0.1) is 0 Å². The van der Waals surface area contributed by atoms with Gasteiger partial charge in [-0.2, -0.15) is 22.6 Å². The monoisotopic (exact) mass is 427 g/mol. The number of halogens is 3. The molecule has 158 valence electrons. The van der Waals surface area contributed by atoms with E-state index in [-0.39, 0.29) is 17.5 Å². The number of sulfonamides is 1. The zero-order valence-corrected chi connectivity index (χ0v) is 17.1. The van der Waals surface area contributed by atoms with E-state index in [0.717, 1.165) is 86.2 Å². The molecule has 0 atom stereocenters. The van der Waals surface area contributed by atoms with Crippen LogP contribution < -0.4 is 0 Å². The maximum Gasteiger partial charge on any atom is 0.416 e. The van der Waals surface area contributed by atoms with Crippen LogP contribution in [0.2, 0.25) is 0 Å². The zero-order chi connectivity index (χ0) is 20.8. The molecular weight excluding hydrogens is 403 g/mol. The van der Waals surface area contributed by atoms with E-state index in [1.807, 2.05) is 11.7 Å². The number of aryl methyl sites for hydroxylation is 1. The first-order valence-electron chi connectivity index (χ1n) is 9.90. The number of nitrogens with zero attached hydrogens (tertiary/aromatic N) is 3. The molecular formula is C20H24F3N3O2S. The molecule has 0 bridgehead atoms. The van der Waals surface area contributed by atoms with E-state index in [1.54, 1.807) is 0 Å². The lowest BCUT2D eigenvalue weighted by molar-refractivity contribution is -0.137. The van der Waals surface area contributed by atoms with Crippen molar-refractivity contribution in [2.24, 2.45) is 7.05 Å². The smallest absolute Gasteiger partial charge is 0.272 e. The molecule has 1 heterocycles. The maximum atomic E-state index is 13.4. The van der Waals surface area contributed by atoms with Crippen LogP contribution in [-0.4, -0.2) is 28.5 Å². The summed E-state index contributed by atoms with van der Waals surface area (Å²) in [4.78, 5) is -0.107. The zero-order valence-electron chi connectivity index (χ0n) is 16.2. The fraction of sp³-hybridized carbons (Fsp3) is 0.550. The topological polar surface area (TPSA) is 55.2 Å². The summed E-state index contributed by atoms with van der Waals surface area (Å²) in [6.07, 6.45) is 1.77. The second-order valence-electron chi connectivity index (χ2n) is 7.86. The van der Waals surface area contributed by atoms with Crippen molar-refractivity contribution >= 4 is 10.0 Å². The van der Waals surface area contributed by atoms with E-state index in [2.05, 4.69) is 5.10 Å². The summed E-state index contributed by atoms with van der Waals surface area (Å²) in [5.41, 5.74) is 2.19. The van der Waals surface area contributed by atoms with Crippen molar-refractivity contribution < 1.29 is 21.6 Å². The molecule has 0 N–H and O–H groups in total. The lowest BCUT2D eigenvalue weighted by Gasteiger charge is -2.28. The molecule has 0 spiro atoms. The number of alkyl halides is 3. The Morgan fingerprint density at radius 3 is 2.38 bits per heavy atom. The first kappa shape index (κ1) is 20.4. The Kier molecular flexibility index (Phi) is 5.23. The summed E-state index contributed by atoms with van der Waals surface area (Å²) in [6, 6.07) is 3.63. The van der Waals surface area contributed by atoms with Gasteiger partial charge in [0.15, 0.2) is 0 Å². The summed E-state index contributed by atoms with van der Waals surface area (Å²) < 4.78 is 68.7. The van der Waals surface area contributed by atoms with Crippen molar-refractivity contribution in [1.29, 1.82) is 0 Å². The Balaban J connectivity index is 1.69. The molecule has 1 saturated carbocycles. The highest BCUT2D eigenvalue weighted by atomic mass is 32.2. The number of hydrogen-bond donors (Lipinski definition) is 0. The molecule has 1 fully saturated rings. The molecule has 0 unspecified atom stereocenters. The van der Waals surface area contributed by atoms with Gasteiger partial charge in [0.2, 0.25) is 10.0 Å². The van der Waals surface area contributed by atoms with Gasteiger partial charge in [-0.3, -0.25) is 4.68 Å². The van der Waals surface area contributed by atoms with Crippen LogP contribution in [0.3, 0.4) is 0 Å². The van der Waals surface area contributed by atoms with Crippen LogP contribution in [0.4, 0.5) is 13.2 Å². The fourth-order valence-corrected chi connectivity index (χ4v) is 6.17. The Hall–Kier alpha value is -1.87. The molecule has 4 rings (SSSR count). The van der Waals surface area contributed by atoms with Gasteiger partial charge in [0.05, 0.1) is 22.7 Å². The molecule has 1 aromatic heterocycles. The molecule has 2 aliphatic rings. The largest absolute Gasteiger partial charge is 0.416 e. The minimum Gasteiger partial charge on any atom is -0.272 e. The minimum absolute atomic E-state index is 0.107. The molecule has 5 nitrogen and oxygen atoms in total. The van der Waals surface area contributed by atoms with Crippen molar-refractivity contribution in [2.75, 3.05) is 0 Å². The van der Waals surface area contributed by atoms with E-state index in [4.69, 9.17) is 0 Å². The third-order valence-corrected chi connectivity index (χ3v) is 7.94. The standard InChI is InChI=1S/C20H24F3N3O2S/c1-25-19-8-4-7-17(19)18(24-25)13-26(15-5-2-3-6-15)29(27,28)16-11-9-14(10-12-16)20(21,22)23/h9-12,15H,2-8,13H2,1H3. The highest BCUT2D eigenvalue weighted by Gasteiger charge is 2.36. The average Bonchev–Trinajstić information content (AvgIpc) is 3.39. The third-order valence-electron chi connectivity index (χ3n) is 6.02. The second-order valence-corrected chi connectivity index (χ2v) is 9.75. The Labute approximate surface area is 168 Å². The molecule has 0 aliphatic heterocycles. The predicted octanol–water partition coefficient (Wildman–Crippen LogP) is 4.06. The van der Waals surface area contributed by atoms with Crippen molar-refractivity contribution in [2.45, 2.75) is 68.6 Å². The van der Waals surface area contributed by atoms with E-state index >= 15 is 0 Å². The molecule has 1 aromatic carbocycles. The van der Waals surface area contributed by atoms with Crippen LogP contribution >= 0.6 is 0 Å². The van der Waals surface area contributed by atoms with Crippen molar-refractivity contribution in [3.05, 3.63) is 46.8 Å². The van der Waals surface area contributed by atoms with Gasteiger partial charge in [-0.15, -0.1) is 0 Å². The van der Waals surface area contributed by atoms with Crippen molar-refractivity contribution in [3.8, 4) is 0 Å². The third kappa shape index (κ3) is 3.82. The Bertz CT molecular complexity index is 991. The van der Waals surface area contributed by atoms with Gasteiger partial charge in [-0.25, -0.2) is 8.42 Å². The lowest BCUT2D eigenvalue weighted by Crippen LogP contribution is -2.38. The van der Waals surface area contributed by atoms with Gasteiger partial charge < -0.3 is 0 Å². The average molecular weight is 427 g/mol. The van der Waals surface area contributed by atoms with Gasteiger partial charge in [0, 0.05) is 18.8 Å². The van der Waals surface area contributed by atoms with Crippen LogP contribution in [0.5, 0.6) is 0 Å². The summed E-state index contributed by atoms with van der Waals surface area (Å²) in [5, 5.41) is 4.56. The highest BCUT2D eigenvalue weighted by molar-refractivity contribution is 7.89. The molecule has 0 saturated heterocycles.